The van der Waals surface area contributed by atoms with Gasteiger partial charge in [-0.05, 0) is 55.7 Å². The van der Waals surface area contributed by atoms with Gasteiger partial charge in [0.2, 0.25) is 0 Å². The van der Waals surface area contributed by atoms with Crippen LogP contribution in [0.4, 0.5) is 0 Å². The van der Waals surface area contributed by atoms with E-state index in [4.69, 9.17) is 14.2 Å². The summed E-state index contributed by atoms with van der Waals surface area (Å²) in [7, 11) is 0. The highest BCUT2D eigenvalue weighted by Gasteiger charge is 2.12. The Morgan fingerprint density at radius 3 is 2.00 bits per heavy atom. The van der Waals surface area contributed by atoms with Gasteiger partial charge in [-0.1, -0.05) is 69.7 Å². The number of benzene rings is 2. The van der Waals surface area contributed by atoms with E-state index in [9.17, 15) is 4.79 Å². The maximum Gasteiger partial charge on any atom is 0.338 e. The van der Waals surface area contributed by atoms with Gasteiger partial charge in [-0.2, -0.15) is 0 Å². The summed E-state index contributed by atoms with van der Waals surface area (Å²) >= 11 is 0. The first-order valence-electron chi connectivity index (χ1n) is 11.8. The average Bonchev–Trinajstić information content (AvgIpc) is 2.80. The SMILES string of the molecule is CCCCCCCCCOc1ccc(-c2ccc(C(=O)OC(C)COCC)cc2)cc1. The highest BCUT2D eigenvalue weighted by molar-refractivity contribution is 5.90. The van der Waals surface area contributed by atoms with E-state index >= 15 is 0 Å². The molecule has 0 saturated carbocycles. The van der Waals surface area contributed by atoms with Crippen molar-refractivity contribution in [3.8, 4) is 16.9 Å². The van der Waals surface area contributed by atoms with E-state index in [0.717, 1.165) is 29.9 Å². The van der Waals surface area contributed by atoms with Gasteiger partial charge in [-0.15, -0.1) is 0 Å². The van der Waals surface area contributed by atoms with E-state index in [1.54, 1.807) is 12.1 Å². The van der Waals surface area contributed by atoms with Gasteiger partial charge in [-0.3, -0.25) is 0 Å². The minimum atomic E-state index is -0.326. The van der Waals surface area contributed by atoms with Crippen LogP contribution >= 0.6 is 0 Å². The van der Waals surface area contributed by atoms with Crippen LogP contribution in [0.3, 0.4) is 0 Å². The van der Waals surface area contributed by atoms with Crippen LogP contribution in [0.5, 0.6) is 5.75 Å². The fourth-order valence-electron chi connectivity index (χ4n) is 3.36. The molecule has 0 radical (unpaired) electrons. The molecule has 0 aliphatic carbocycles. The molecule has 2 rings (SSSR count). The minimum Gasteiger partial charge on any atom is -0.494 e. The first-order valence-corrected chi connectivity index (χ1v) is 11.8. The molecule has 0 saturated heterocycles. The lowest BCUT2D eigenvalue weighted by Crippen LogP contribution is -2.20. The average molecular weight is 427 g/mol. The van der Waals surface area contributed by atoms with Crippen molar-refractivity contribution < 1.29 is 19.0 Å². The fraction of sp³-hybridized carbons (Fsp3) is 0.519. The van der Waals surface area contributed by atoms with Crippen LogP contribution in [0.1, 0.15) is 76.1 Å². The summed E-state index contributed by atoms with van der Waals surface area (Å²) in [5.74, 6) is 0.575. The van der Waals surface area contributed by atoms with Gasteiger partial charge >= 0.3 is 5.97 Å². The molecule has 0 bridgehead atoms. The Morgan fingerprint density at radius 1 is 0.806 bits per heavy atom. The summed E-state index contributed by atoms with van der Waals surface area (Å²) in [6, 6.07) is 15.6. The van der Waals surface area contributed by atoms with Crippen molar-refractivity contribution in [2.24, 2.45) is 0 Å². The van der Waals surface area contributed by atoms with Gasteiger partial charge < -0.3 is 14.2 Å². The van der Waals surface area contributed by atoms with E-state index in [-0.39, 0.29) is 12.1 Å². The Balaban J connectivity index is 1.76. The first kappa shape index (κ1) is 24.9. The molecule has 1 unspecified atom stereocenters. The van der Waals surface area contributed by atoms with E-state index in [1.165, 1.54) is 38.5 Å². The lowest BCUT2D eigenvalue weighted by Gasteiger charge is -2.13. The van der Waals surface area contributed by atoms with Crippen molar-refractivity contribution in [1.29, 1.82) is 0 Å². The highest BCUT2D eigenvalue weighted by Crippen LogP contribution is 2.23. The largest absolute Gasteiger partial charge is 0.494 e. The third-order valence-electron chi connectivity index (χ3n) is 5.19. The summed E-state index contributed by atoms with van der Waals surface area (Å²) < 4.78 is 16.6. The fourth-order valence-corrected chi connectivity index (χ4v) is 3.36. The Kier molecular flexibility index (Phi) is 11.8. The smallest absolute Gasteiger partial charge is 0.338 e. The Bertz CT molecular complexity index is 737. The zero-order valence-electron chi connectivity index (χ0n) is 19.4. The van der Waals surface area contributed by atoms with Gasteiger partial charge in [-0.25, -0.2) is 4.79 Å². The number of carbonyl (C=O) groups is 1. The molecular formula is C27H38O4. The molecule has 1 atom stereocenters. The van der Waals surface area contributed by atoms with Gasteiger partial charge in [0.15, 0.2) is 0 Å². The molecule has 0 N–H and O–H groups in total. The number of carbonyl (C=O) groups excluding carboxylic acids is 1. The Labute approximate surface area is 187 Å². The second kappa shape index (κ2) is 14.6. The van der Waals surface area contributed by atoms with Gasteiger partial charge in [0.25, 0.3) is 0 Å². The number of ether oxygens (including phenoxy) is 3. The van der Waals surface area contributed by atoms with Crippen LogP contribution in [0.15, 0.2) is 48.5 Å². The third kappa shape index (κ3) is 9.56. The number of esters is 1. The molecule has 0 aliphatic heterocycles. The van der Waals surface area contributed by atoms with Crippen LogP contribution in [0.25, 0.3) is 11.1 Å². The third-order valence-corrected chi connectivity index (χ3v) is 5.19. The number of hydrogen-bond donors (Lipinski definition) is 0. The van der Waals surface area contributed by atoms with E-state index < -0.39 is 0 Å². The normalized spacial score (nSPS) is 11.8. The molecule has 4 nitrogen and oxygen atoms in total. The van der Waals surface area contributed by atoms with Crippen molar-refractivity contribution in [2.45, 2.75) is 71.8 Å². The molecular weight excluding hydrogens is 388 g/mol. The Hall–Kier alpha value is -2.33. The molecule has 2 aromatic carbocycles. The zero-order valence-corrected chi connectivity index (χ0v) is 19.4. The topological polar surface area (TPSA) is 44.8 Å². The van der Waals surface area contributed by atoms with E-state index in [1.807, 2.05) is 38.1 Å². The van der Waals surface area contributed by atoms with Crippen LogP contribution in [-0.2, 0) is 9.47 Å². The molecule has 0 aliphatic rings. The van der Waals surface area contributed by atoms with Crippen molar-refractivity contribution in [1.82, 2.24) is 0 Å². The first-order chi connectivity index (χ1) is 15.1. The molecule has 0 amide bonds. The standard InChI is InChI=1S/C27H38O4/c1-4-6-7-8-9-10-11-20-30-26-18-16-24(17-19-26)23-12-14-25(15-13-23)27(28)31-22(3)21-29-5-2/h12-19,22H,4-11,20-21H2,1-3H3. The predicted molar refractivity (Wildman–Crippen MR) is 127 cm³/mol. The summed E-state index contributed by atoms with van der Waals surface area (Å²) in [5.41, 5.74) is 2.69. The number of unbranched alkanes of at least 4 members (excludes halogenated alkanes) is 6. The highest BCUT2D eigenvalue weighted by atomic mass is 16.6. The molecule has 170 valence electrons. The second-order valence-corrected chi connectivity index (χ2v) is 7.95. The van der Waals surface area contributed by atoms with Crippen molar-refractivity contribution in [3.63, 3.8) is 0 Å². The van der Waals surface area contributed by atoms with Crippen LogP contribution < -0.4 is 4.74 Å². The molecule has 0 spiro atoms. The molecule has 0 fully saturated rings. The van der Waals surface area contributed by atoms with Crippen LogP contribution in [0, 0.1) is 0 Å². The molecule has 31 heavy (non-hydrogen) atoms. The lowest BCUT2D eigenvalue weighted by atomic mass is 10.0. The maximum absolute atomic E-state index is 12.2. The van der Waals surface area contributed by atoms with Crippen molar-refractivity contribution in [3.05, 3.63) is 54.1 Å². The predicted octanol–water partition coefficient (Wildman–Crippen LogP) is 7.06. The van der Waals surface area contributed by atoms with E-state index in [2.05, 4.69) is 19.1 Å². The number of rotatable bonds is 15. The summed E-state index contributed by atoms with van der Waals surface area (Å²) in [6.07, 6.45) is 8.72. The van der Waals surface area contributed by atoms with Gasteiger partial charge in [0, 0.05) is 6.61 Å². The second-order valence-electron chi connectivity index (χ2n) is 7.95. The minimum absolute atomic E-state index is 0.263. The van der Waals surface area contributed by atoms with Gasteiger partial charge in [0.1, 0.15) is 11.9 Å². The van der Waals surface area contributed by atoms with E-state index in [0.29, 0.717) is 18.8 Å². The molecule has 2 aromatic rings. The van der Waals surface area contributed by atoms with Crippen molar-refractivity contribution >= 4 is 5.97 Å². The summed E-state index contributed by atoms with van der Waals surface area (Å²) in [4.78, 5) is 12.2. The van der Waals surface area contributed by atoms with Gasteiger partial charge in [0.05, 0.1) is 18.8 Å². The monoisotopic (exact) mass is 426 g/mol. The van der Waals surface area contributed by atoms with Crippen LogP contribution in [0.2, 0.25) is 0 Å². The Morgan fingerprint density at radius 2 is 1.39 bits per heavy atom. The number of hydrogen-bond acceptors (Lipinski definition) is 4. The summed E-state index contributed by atoms with van der Waals surface area (Å²) in [5, 5.41) is 0. The molecule has 4 heteroatoms. The lowest BCUT2D eigenvalue weighted by molar-refractivity contribution is 0.00440. The quantitative estimate of drug-likeness (QED) is 0.226. The zero-order chi connectivity index (χ0) is 22.3. The molecule has 0 aromatic heterocycles. The summed E-state index contributed by atoms with van der Waals surface area (Å²) in [6.45, 7) is 7.79. The molecule has 0 heterocycles. The maximum atomic E-state index is 12.2. The van der Waals surface area contributed by atoms with Crippen molar-refractivity contribution in [2.75, 3.05) is 19.8 Å². The van der Waals surface area contributed by atoms with Crippen LogP contribution in [-0.4, -0.2) is 31.9 Å².